The molecule has 0 atom stereocenters. The van der Waals surface area contributed by atoms with Gasteiger partial charge in [0.2, 0.25) is 10.0 Å². The van der Waals surface area contributed by atoms with Gasteiger partial charge in [0.25, 0.3) is 0 Å². The first-order valence-corrected chi connectivity index (χ1v) is 8.63. The molecule has 0 spiro atoms. The molecular weight excluding hydrogens is 317 g/mol. The van der Waals surface area contributed by atoms with Crippen LogP contribution in [0, 0.1) is 5.82 Å². The number of hydrogen-bond donors (Lipinski definition) is 1. The van der Waals surface area contributed by atoms with Crippen molar-refractivity contribution in [1.82, 2.24) is 0 Å². The van der Waals surface area contributed by atoms with Gasteiger partial charge in [-0.15, -0.1) is 0 Å². The third-order valence-corrected chi connectivity index (χ3v) is 4.41. The second-order valence-electron chi connectivity index (χ2n) is 4.84. The summed E-state index contributed by atoms with van der Waals surface area (Å²) in [5.41, 5.74) is 1.40. The van der Waals surface area contributed by atoms with Gasteiger partial charge < -0.3 is 0 Å². The quantitative estimate of drug-likeness (QED) is 0.650. The fourth-order valence-electron chi connectivity index (χ4n) is 1.83. The molecular formula is C17H16FNO3S. The van der Waals surface area contributed by atoms with Gasteiger partial charge in [-0.2, -0.15) is 0 Å². The minimum Gasteiger partial charge on any atom is -0.289 e. The van der Waals surface area contributed by atoms with Crippen LogP contribution in [0.25, 0.3) is 6.08 Å². The number of benzene rings is 2. The third-order valence-electron chi connectivity index (χ3n) is 3.10. The van der Waals surface area contributed by atoms with E-state index in [1.165, 1.54) is 55.5 Å². The van der Waals surface area contributed by atoms with E-state index < -0.39 is 10.0 Å². The largest absolute Gasteiger partial charge is 0.289 e. The van der Waals surface area contributed by atoms with Crippen LogP contribution in [-0.2, 0) is 10.0 Å². The number of halogens is 1. The maximum Gasteiger partial charge on any atom is 0.232 e. The summed E-state index contributed by atoms with van der Waals surface area (Å²) in [4.78, 5) is 12.0. The highest BCUT2D eigenvalue weighted by atomic mass is 32.2. The van der Waals surface area contributed by atoms with Crippen LogP contribution in [0.5, 0.6) is 0 Å². The van der Waals surface area contributed by atoms with E-state index in [1.54, 1.807) is 12.1 Å². The fourth-order valence-corrected chi connectivity index (χ4v) is 2.47. The van der Waals surface area contributed by atoms with E-state index in [2.05, 4.69) is 4.72 Å². The van der Waals surface area contributed by atoms with Crippen LogP contribution in [0.15, 0.2) is 54.6 Å². The van der Waals surface area contributed by atoms with Gasteiger partial charge in [-0.05, 0) is 55.0 Å². The second kappa shape index (κ2) is 7.19. The normalized spacial score (nSPS) is 11.6. The van der Waals surface area contributed by atoms with Crippen molar-refractivity contribution in [1.29, 1.82) is 0 Å². The number of rotatable bonds is 6. The van der Waals surface area contributed by atoms with Gasteiger partial charge in [0.15, 0.2) is 5.78 Å². The minimum absolute atomic E-state index is 0.0238. The van der Waals surface area contributed by atoms with Crippen molar-refractivity contribution in [3.05, 3.63) is 71.6 Å². The van der Waals surface area contributed by atoms with Gasteiger partial charge in [-0.25, -0.2) is 12.8 Å². The number of hydrogen-bond acceptors (Lipinski definition) is 3. The first-order valence-electron chi connectivity index (χ1n) is 6.98. The summed E-state index contributed by atoms with van der Waals surface area (Å²) < 4.78 is 38.4. The van der Waals surface area contributed by atoms with Crippen molar-refractivity contribution < 1.29 is 17.6 Å². The molecule has 1 N–H and O–H groups in total. The van der Waals surface area contributed by atoms with Crippen molar-refractivity contribution in [3.63, 3.8) is 0 Å². The van der Waals surface area contributed by atoms with Gasteiger partial charge in [0.1, 0.15) is 5.82 Å². The van der Waals surface area contributed by atoms with Gasteiger partial charge in [0, 0.05) is 11.3 Å². The van der Waals surface area contributed by atoms with Crippen LogP contribution in [-0.4, -0.2) is 20.0 Å². The summed E-state index contributed by atoms with van der Waals surface area (Å²) in [6, 6.07) is 12.0. The molecule has 2 aromatic carbocycles. The molecule has 0 bridgehead atoms. The molecule has 0 unspecified atom stereocenters. The number of ketones is 1. The maximum atomic E-state index is 13.0. The lowest BCUT2D eigenvalue weighted by atomic mass is 10.1. The standard InChI is InChI=1S/C17H16FNO3S/c1-2-23(21,22)19-16-9-7-14(8-10-16)17(20)11-6-13-4-3-5-15(18)12-13/h3-12,19H,2H2,1H3/b11-6+. The van der Waals surface area contributed by atoms with Crippen LogP contribution in [0.4, 0.5) is 10.1 Å². The van der Waals surface area contributed by atoms with Crippen molar-refractivity contribution in [3.8, 4) is 0 Å². The van der Waals surface area contributed by atoms with Crippen LogP contribution in [0.3, 0.4) is 0 Å². The monoisotopic (exact) mass is 333 g/mol. The van der Waals surface area contributed by atoms with Crippen LogP contribution in [0.2, 0.25) is 0 Å². The van der Waals surface area contributed by atoms with E-state index in [-0.39, 0.29) is 17.4 Å². The third kappa shape index (κ3) is 5.03. The summed E-state index contributed by atoms with van der Waals surface area (Å²) in [7, 11) is -3.34. The van der Waals surface area contributed by atoms with Crippen molar-refractivity contribution in [2.75, 3.05) is 10.5 Å². The average Bonchev–Trinajstić information content (AvgIpc) is 2.53. The minimum atomic E-state index is -3.34. The van der Waals surface area contributed by atoms with E-state index >= 15 is 0 Å². The molecule has 120 valence electrons. The highest BCUT2D eigenvalue weighted by Gasteiger charge is 2.07. The van der Waals surface area contributed by atoms with Gasteiger partial charge in [0.05, 0.1) is 5.75 Å². The molecule has 0 heterocycles. The number of anilines is 1. The highest BCUT2D eigenvalue weighted by Crippen LogP contribution is 2.13. The predicted octanol–water partition coefficient (Wildman–Crippen LogP) is 3.48. The molecule has 0 aromatic heterocycles. The molecule has 2 rings (SSSR count). The van der Waals surface area contributed by atoms with E-state index in [4.69, 9.17) is 0 Å². The molecule has 0 aliphatic heterocycles. The van der Waals surface area contributed by atoms with Crippen molar-refractivity contribution in [2.24, 2.45) is 0 Å². The Kier molecular flexibility index (Phi) is 5.28. The molecule has 2 aromatic rings. The van der Waals surface area contributed by atoms with Crippen LogP contribution >= 0.6 is 0 Å². The smallest absolute Gasteiger partial charge is 0.232 e. The highest BCUT2D eigenvalue weighted by molar-refractivity contribution is 7.92. The van der Waals surface area contributed by atoms with Gasteiger partial charge in [-0.3, -0.25) is 9.52 Å². The Labute approximate surface area is 134 Å². The van der Waals surface area contributed by atoms with E-state index in [0.29, 0.717) is 16.8 Å². The fraction of sp³-hybridized carbons (Fsp3) is 0.118. The van der Waals surface area contributed by atoms with Gasteiger partial charge in [-0.1, -0.05) is 18.2 Å². The summed E-state index contributed by atoms with van der Waals surface area (Å²) >= 11 is 0. The SMILES string of the molecule is CCS(=O)(=O)Nc1ccc(C(=O)/C=C/c2cccc(F)c2)cc1. The first-order chi connectivity index (χ1) is 10.9. The molecule has 0 aliphatic rings. The maximum absolute atomic E-state index is 13.0. The second-order valence-corrected chi connectivity index (χ2v) is 6.85. The Bertz CT molecular complexity index is 827. The molecule has 0 aliphatic carbocycles. The molecule has 0 saturated carbocycles. The van der Waals surface area contributed by atoms with E-state index in [1.807, 2.05) is 0 Å². The molecule has 0 amide bonds. The Balaban J connectivity index is 2.08. The Morgan fingerprint density at radius 2 is 1.87 bits per heavy atom. The number of carbonyl (C=O) groups excluding carboxylic acids is 1. The predicted molar refractivity (Wildman–Crippen MR) is 89.3 cm³/mol. The Morgan fingerprint density at radius 3 is 2.48 bits per heavy atom. The van der Waals surface area contributed by atoms with E-state index in [0.717, 1.165) is 0 Å². The average molecular weight is 333 g/mol. The van der Waals surface area contributed by atoms with E-state index in [9.17, 15) is 17.6 Å². The number of allylic oxidation sites excluding steroid dienone is 1. The zero-order valence-electron chi connectivity index (χ0n) is 12.5. The van der Waals surface area contributed by atoms with Gasteiger partial charge >= 0.3 is 0 Å². The lowest BCUT2D eigenvalue weighted by Crippen LogP contribution is -2.14. The first kappa shape index (κ1) is 16.9. The van der Waals surface area contributed by atoms with Crippen molar-refractivity contribution in [2.45, 2.75) is 6.92 Å². The molecule has 4 nitrogen and oxygen atoms in total. The number of nitrogens with one attached hydrogen (secondary N) is 1. The van der Waals surface area contributed by atoms with Crippen molar-refractivity contribution >= 4 is 27.6 Å². The summed E-state index contributed by atoms with van der Waals surface area (Å²) in [6.07, 6.45) is 2.87. The number of sulfonamides is 1. The Morgan fingerprint density at radius 1 is 1.17 bits per heavy atom. The summed E-state index contributed by atoms with van der Waals surface area (Å²) in [5, 5.41) is 0. The zero-order chi connectivity index (χ0) is 16.9. The summed E-state index contributed by atoms with van der Waals surface area (Å²) in [5.74, 6) is -0.643. The zero-order valence-corrected chi connectivity index (χ0v) is 13.3. The lowest BCUT2D eigenvalue weighted by molar-refractivity contribution is 0.104. The lowest BCUT2D eigenvalue weighted by Gasteiger charge is -2.06. The van der Waals surface area contributed by atoms with Crippen LogP contribution < -0.4 is 4.72 Å². The Hall–Kier alpha value is -2.47. The molecule has 0 fully saturated rings. The number of carbonyl (C=O) groups is 1. The molecule has 23 heavy (non-hydrogen) atoms. The topological polar surface area (TPSA) is 63.2 Å². The summed E-state index contributed by atoms with van der Waals surface area (Å²) in [6.45, 7) is 1.54. The molecule has 0 radical (unpaired) electrons. The molecule has 6 heteroatoms. The van der Waals surface area contributed by atoms with Crippen LogP contribution in [0.1, 0.15) is 22.8 Å². The molecule has 0 saturated heterocycles.